The van der Waals surface area contributed by atoms with E-state index in [4.69, 9.17) is 4.52 Å². The van der Waals surface area contributed by atoms with E-state index >= 15 is 0 Å². The molecule has 2 heterocycles. The standard InChI is InChI=1S/C21H22N4O3/c1-15-6-2-3-7-16(15)20-22-19(28-23-20)14-24-10-12-25(13-11-24)21(27)17-8-4-5-9-18(17)26/h2-9,26H,10-14H2,1H3. The maximum atomic E-state index is 12.6. The van der Waals surface area contributed by atoms with Gasteiger partial charge < -0.3 is 14.5 Å². The van der Waals surface area contributed by atoms with Crippen LogP contribution in [0.3, 0.4) is 0 Å². The van der Waals surface area contributed by atoms with E-state index in [1.165, 1.54) is 6.07 Å². The second-order valence-corrected chi connectivity index (χ2v) is 6.91. The fourth-order valence-corrected chi connectivity index (χ4v) is 3.38. The average Bonchev–Trinajstić information content (AvgIpc) is 3.17. The van der Waals surface area contributed by atoms with E-state index in [1.54, 1.807) is 23.1 Å². The van der Waals surface area contributed by atoms with Crippen LogP contribution in [0.15, 0.2) is 53.1 Å². The average molecular weight is 378 g/mol. The van der Waals surface area contributed by atoms with Gasteiger partial charge in [0.05, 0.1) is 12.1 Å². The number of para-hydroxylation sites is 1. The van der Waals surface area contributed by atoms with E-state index in [0.717, 1.165) is 11.1 Å². The highest BCUT2D eigenvalue weighted by Gasteiger charge is 2.24. The van der Waals surface area contributed by atoms with Crippen molar-refractivity contribution in [3.63, 3.8) is 0 Å². The third kappa shape index (κ3) is 3.75. The number of aryl methyl sites for hydroxylation is 1. The highest BCUT2D eigenvalue weighted by atomic mass is 16.5. The molecule has 7 nitrogen and oxygen atoms in total. The van der Waals surface area contributed by atoms with Crippen LogP contribution in [0, 0.1) is 6.92 Å². The van der Waals surface area contributed by atoms with Gasteiger partial charge in [0.25, 0.3) is 5.91 Å². The van der Waals surface area contributed by atoms with Gasteiger partial charge in [0.1, 0.15) is 5.75 Å². The molecule has 1 aliphatic rings. The smallest absolute Gasteiger partial charge is 0.257 e. The number of carbonyl (C=O) groups excluding carboxylic acids is 1. The maximum absolute atomic E-state index is 12.6. The van der Waals surface area contributed by atoms with E-state index in [2.05, 4.69) is 15.0 Å². The van der Waals surface area contributed by atoms with Gasteiger partial charge >= 0.3 is 0 Å². The molecule has 2 aromatic carbocycles. The number of amides is 1. The summed E-state index contributed by atoms with van der Waals surface area (Å²) in [5.74, 6) is 1.04. The van der Waals surface area contributed by atoms with Crippen LogP contribution in [0.2, 0.25) is 0 Å². The number of rotatable bonds is 4. The van der Waals surface area contributed by atoms with Crippen LogP contribution >= 0.6 is 0 Å². The number of hydrogen-bond donors (Lipinski definition) is 1. The summed E-state index contributed by atoms with van der Waals surface area (Å²) in [5.41, 5.74) is 2.41. The molecule has 0 unspecified atom stereocenters. The van der Waals surface area contributed by atoms with Crippen molar-refractivity contribution in [1.29, 1.82) is 0 Å². The number of aromatic nitrogens is 2. The van der Waals surface area contributed by atoms with Gasteiger partial charge in [-0.2, -0.15) is 4.98 Å². The molecule has 3 aromatic rings. The molecular formula is C21H22N4O3. The number of benzene rings is 2. The summed E-state index contributed by atoms with van der Waals surface area (Å²) < 4.78 is 5.42. The minimum absolute atomic E-state index is 0.0181. The first kappa shape index (κ1) is 18.2. The van der Waals surface area contributed by atoms with Crippen LogP contribution < -0.4 is 0 Å². The van der Waals surface area contributed by atoms with Gasteiger partial charge in [-0.25, -0.2) is 0 Å². The van der Waals surface area contributed by atoms with E-state index < -0.39 is 0 Å². The van der Waals surface area contributed by atoms with Crippen LogP contribution in [0.5, 0.6) is 5.75 Å². The van der Waals surface area contributed by atoms with Gasteiger partial charge in [-0.3, -0.25) is 9.69 Å². The fraction of sp³-hybridized carbons (Fsp3) is 0.286. The fourth-order valence-electron chi connectivity index (χ4n) is 3.38. The molecule has 0 atom stereocenters. The Morgan fingerprint density at radius 1 is 1.07 bits per heavy atom. The Bertz CT molecular complexity index is 977. The number of phenols is 1. The molecule has 28 heavy (non-hydrogen) atoms. The summed E-state index contributed by atoms with van der Waals surface area (Å²) in [6.45, 7) is 5.17. The zero-order valence-electron chi connectivity index (χ0n) is 15.7. The molecule has 1 N–H and O–H groups in total. The molecular weight excluding hydrogens is 356 g/mol. The lowest BCUT2D eigenvalue weighted by molar-refractivity contribution is 0.0612. The van der Waals surface area contributed by atoms with E-state index in [9.17, 15) is 9.90 Å². The molecule has 0 saturated carbocycles. The molecule has 4 rings (SSSR count). The Morgan fingerprint density at radius 3 is 2.54 bits per heavy atom. The van der Waals surface area contributed by atoms with Gasteiger partial charge in [-0.1, -0.05) is 41.6 Å². The summed E-state index contributed by atoms with van der Waals surface area (Å²) in [5, 5.41) is 14.0. The predicted octanol–water partition coefficient (Wildman–Crippen LogP) is 2.71. The van der Waals surface area contributed by atoms with Crippen LogP contribution in [-0.2, 0) is 6.54 Å². The van der Waals surface area contributed by atoms with Crippen molar-refractivity contribution in [2.24, 2.45) is 0 Å². The number of aromatic hydroxyl groups is 1. The number of carbonyl (C=O) groups is 1. The SMILES string of the molecule is Cc1ccccc1-c1noc(CN2CCN(C(=O)c3ccccc3O)CC2)n1. The first-order valence-electron chi connectivity index (χ1n) is 9.30. The number of nitrogens with zero attached hydrogens (tertiary/aromatic N) is 4. The third-order valence-corrected chi connectivity index (χ3v) is 5.01. The summed E-state index contributed by atoms with van der Waals surface area (Å²) in [7, 11) is 0. The Balaban J connectivity index is 1.36. The second-order valence-electron chi connectivity index (χ2n) is 6.91. The molecule has 0 bridgehead atoms. The van der Waals surface area contributed by atoms with Crippen LogP contribution in [0.25, 0.3) is 11.4 Å². The summed E-state index contributed by atoms with van der Waals surface area (Å²) >= 11 is 0. The number of piperazine rings is 1. The molecule has 1 aliphatic heterocycles. The topological polar surface area (TPSA) is 82.7 Å². The molecule has 0 radical (unpaired) electrons. The second kappa shape index (κ2) is 7.82. The molecule has 1 aromatic heterocycles. The maximum Gasteiger partial charge on any atom is 0.257 e. The summed E-state index contributed by atoms with van der Waals surface area (Å²) in [4.78, 5) is 21.0. The lowest BCUT2D eigenvalue weighted by Crippen LogP contribution is -2.48. The monoisotopic (exact) mass is 378 g/mol. The van der Waals surface area contributed by atoms with Gasteiger partial charge in [0.15, 0.2) is 0 Å². The van der Waals surface area contributed by atoms with Crippen LogP contribution in [0.1, 0.15) is 21.8 Å². The minimum atomic E-state index is -0.141. The van der Waals surface area contributed by atoms with Crippen molar-refractivity contribution in [1.82, 2.24) is 19.9 Å². The van der Waals surface area contributed by atoms with Gasteiger partial charge in [-0.05, 0) is 24.6 Å². The lowest BCUT2D eigenvalue weighted by Gasteiger charge is -2.34. The molecule has 7 heteroatoms. The quantitative estimate of drug-likeness (QED) is 0.752. The van der Waals surface area contributed by atoms with Crippen molar-refractivity contribution < 1.29 is 14.4 Å². The Labute approximate surface area is 163 Å². The first-order valence-corrected chi connectivity index (χ1v) is 9.30. The van der Waals surface area contributed by atoms with Crippen LogP contribution in [0.4, 0.5) is 0 Å². The van der Waals surface area contributed by atoms with E-state index in [0.29, 0.717) is 50.0 Å². The van der Waals surface area contributed by atoms with Gasteiger partial charge in [0, 0.05) is 31.7 Å². The van der Waals surface area contributed by atoms with Crippen molar-refractivity contribution >= 4 is 5.91 Å². The highest BCUT2D eigenvalue weighted by molar-refractivity contribution is 5.96. The molecule has 1 amide bonds. The molecule has 1 fully saturated rings. The van der Waals surface area contributed by atoms with Crippen LogP contribution in [-0.4, -0.2) is 57.1 Å². The van der Waals surface area contributed by atoms with E-state index in [-0.39, 0.29) is 11.7 Å². The largest absolute Gasteiger partial charge is 0.507 e. The lowest BCUT2D eigenvalue weighted by atomic mass is 10.1. The minimum Gasteiger partial charge on any atom is -0.507 e. The normalized spacial score (nSPS) is 15.0. The third-order valence-electron chi connectivity index (χ3n) is 5.01. The molecule has 144 valence electrons. The summed E-state index contributed by atoms with van der Waals surface area (Å²) in [6, 6.07) is 14.6. The van der Waals surface area contributed by atoms with Crippen molar-refractivity contribution in [3.8, 4) is 17.1 Å². The van der Waals surface area contributed by atoms with Crippen molar-refractivity contribution in [2.45, 2.75) is 13.5 Å². The Morgan fingerprint density at radius 2 is 1.79 bits per heavy atom. The van der Waals surface area contributed by atoms with Crippen molar-refractivity contribution in [3.05, 3.63) is 65.5 Å². The predicted molar refractivity (Wildman–Crippen MR) is 104 cm³/mol. The number of hydrogen-bond acceptors (Lipinski definition) is 6. The number of phenolic OH excluding ortho intramolecular Hbond substituents is 1. The molecule has 0 spiro atoms. The Kier molecular flexibility index (Phi) is 5.08. The Hall–Kier alpha value is -3.19. The summed E-state index contributed by atoms with van der Waals surface area (Å²) in [6.07, 6.45) is 0. The molecule has 1 saturated heterocycles. The first-order chi connectivity index (χ1) is 13.6. The van der Waals surface area contributed by atoms with Gasteiger partial charge in [-0.15, -0.1) is 0 Å². The van der Waals surface area contributed by atoms with Gasteiger partial charge in [0.2, 0.25) is 11.7 Å². The zero-order valence-corrected chi connectivity index (χ0v) is 15.7. The highest BCUT2D eigenvalue weighted by Crippen LogP contribution is 2.21. The van der Waals surface area contributed by atoms with Crippen molar-refractivity contribution in [2.75, 3.05) is 26.2 Å². The molecule has 0 aliphatic carbocycles. The zero-order chi connectivity index (χ0) is 19.5. The van der Waals surface area contributed by atoms with E-state index in [1.807, 2.05) is 31.2 Å².